The molecule has 10 nitrogen and oxygen atoms in total. The van der Waals surface area contributed by atoms with Crippen LogP contribution in [-0.2, 0) is 6.54 Å². The number of benzene rings is 2. The Labute approximate surface area is 205 Å². The first-order chi connectivity index (χ1) is 17.1. The van der Waals surface area contributed by atoms with Crippen LogP contribution in [0.15, 0.2) is 76.1 Å². The van der Waals surface area contributed by atoms with Gasteiger partial charge in [0.2, 0.25) is 5.13 Å². The number of hydrogen-bond acceptors (Lipinski definition) is 9. The summed E-state index contributed by atoms with van der Waals surface area (Å²) in [5, 5.41) is 20.5. The van der Waals surface area contributed by atoms with E-state index in [1.165, 1.54) is 17.4 Å². The van der Waals surface area contributed by atoms with Gasteiger partial charge in [-0.1, -0.05) is 41.7 Å². The Hall–Kier alpha value is -4.25. The average Bonchev–Trinajstić information content (AvgIpc) is 3.59. The fraction of sp³-hybridized carbons (Fsp3) is 0.208. The van der Waals surface area contributed by atoms with Crippen molar-refractivity contribution in [1.82, 2.24) is 10.2 Å². The highest BCUT2D eigenvalue weighted by Gasteiger charge is 2.22. The zero-order chi connectivity index (χ0) is 24.2. The minimum absolute atomic E-state index is 0.305. The van der Waals surface area contributed by atoms with E-state index in [0.717, 1.165) is 48.1 Å². The van der Waals surface area contributed by atoms with E-state index >= 15 is 0 Å². The summed E-state index contributed by atoms with van der Waals surface area (Å²) in [4.78, 5) is 19.3. The van der Waals surface area contributed by atoms with Gasteiger partial charge in [0, 0.05) is 37.4 Å². The Morgan fingerprint density at radius 2 is 1.71 bits per heavy atom. The highest BCUT2D eigenvalue weighted by Crippen LogP contribution is 2.32. The van der Waals surface area contributed by atoms with Crippen molar-refractivity contribution in [3.63, 3.8) is 0 Å². The number of hydrogen-bond donors (Lipinski definition) is 1. The molecule has 0 spiro atoms. The second-order valence-corrected chi connectivity index (χ2v) is 8.95. The summed E-state index contributed by atoms with van der Waals surface area (Å²) >= 11 is 1.36. The second-order valence-electron chi connectivity index (χ2n) is 7.99. The first-order valence-electron chi connectivity index (χ1n) is 11.1. The SMILES string of the molecule is NC(=NCc1ccccc1)c1ccc(N2CCN(c3nnc(-c4ccc([N+](=O)[O-])o4)s3)CC2)cc1. The van der Waals surface area contributed by atoms with E-state index in [0.29, 0.717) is 23.1 Å². The lowest BCUT2D eigenvalue weighted by Crippen LogP contribution is -2.46. The third-order valence-electron chi connectivity index (χ3n) is 5.75. The number of rotatable bonds is 7. The van der Waals surface area contributed by atoms with Crippen LogP contribution in [0.1, 0.15) is 11.1 Å². The van der Waals surface area contributed by atoms with Crippen LogP contribution >= 0.6 is 11.3 Å². The van der Waals surface area contributed by atoms with E-state index < -0.39 is 4.92 Å². The molecule has 35 heavy (non-hydrogen) atoms. The molecule has 0 saturated carbocycles. The van der Waals surface area contributed by atoms with E-state index in [2.05, 4.69) is 37.1 Å². The summed E-state index contributed by atoms with van der Waals surface area (Å²) in [5.41, 5.74) is 9.35. The van der Waals surface area contributed by atoms with E-state index in [4.69, 9.17) is 10.2 Å². The van der Waals surface area contributed by atoms with Crippen LogP contribution in [-0.4, -0.2) is 47.1 Å². The predicted molar refractivity (Wildman–Crippen MR) is 136 cm³/mol. The molecule has 178 valence electrons. The third kappa shape index (κ3) is 5.14. The van der Waals surface area contributed by atoms with Gasteiger partial charge in [-0.2, -0.15) is 0 Å². The van der Waals surface area contributed by atoms with Crippen molar-refractivity contribution in [3.05, 3.63) is 88.0 Å². The quantitative estimate of drug-likeness (QED) is 0.179. The van der Waals surface area contributed by atoms with E-state index in [9.17, 15) is 10.1 Å². The lowest BCUT2D eigenvalue weighted by Gasteiger charge is -2.35. The number of aliphatic imine (C=N–C) groups is 1. The molecule has 4 aromatic rings. The first kappa shape index (κ1) is 22.5. The van der Waals surface area contributed by atoms with Gasteiger partial charge >= 0.3 is 5.88 Å². The molecule has 0 unspecified atom stereocenters. The maximum Gasteiger partial charge on any atom is 0.433 e. The number of anilines is 2. The molecule has 0 radical (unpaired) electrons. The zero-order valence-electron chi connectivity index (χ0n) is 18.8. The molecule has 0 amide bonds. The van der Waals surface area contributed by atoms with Crippen LogP contribution in [0.3, 0.4) is 0 Å². The molecule has 1 saturated heterocycles. The molecule has 0 aliphatic carbocycles. The second kappa shape index (κ2) is 9.94. The summed E-state index contributed by atoms with van der Waals surface area (Å²) in [6.07, 6.45) is 0. The van der Waals surface area contributed by atoms with Crippen molar-refractivity contribution in [3.8, 4) is 10.8 Å². The van der Waals surface area contributed by atoms with E-state index in [1.54, 1.807) is 6.07 Å². The van der Waals surface area contributed by atoms with Crippen molar-refractivity contribution >= 4 is 33.9 Å². The highest BCUT2D eigenvalue weighted by molar-refractivity contribution is 7.18. The Bertz CT molecular complexity index is 1330. The molecular formula is C24H23N7O3S. The number of piperazine rings is 1. The van der Waals surface area contributed by atoms with Crippen molar-refractivity contribution < 1.29 is 9.34 Å². The van der Waals surface area contributed by atoms with Crippen molar-refractivity contribution in [2.45, 2.75) is 6.54 Å². The summed E-state index contributed by atoms with van der Waals surface area (Å²) in [6.45, 7) is 3.79. The smallest absolute Gasteiger partial charge is 0.398 e. The molecule has 1 fully saturated rings. The number of nitrogens with zero attached hydrogens (tertiary/aromatic N) is 6. The molecule has 0 atom stereocenters. The Morgan fingerprint density at radius 3 is 2.40 bits per heavy atom. The van der Waals surface area contributed by atoms with Crippen LogP contribution in [0.2, 0.25) is 0 Å². The summed E-state index contributed by atoms with van der Waals surface area (Å²) in [6, 6.07) is 21.1. The molecule has 11 heteroatoms. The van der Waals surface area contributed by atoms with E-state index in [-0.39, 0.29) is 5.88 Å². The van der Waals surface area contributed by atoms with Gasteiger partial charge in [-0.3, -0.25) is 15.1 Å². The maximum absolute atomic E-state index is 10.8. The van der Waals surface area contributed by atoms with Crippen LogP contribution in [0.5, 0.6) is 0 Å². The standard InChI is InChI=1S/C24H23N7O3S/c25-22(26-16-17-4-2-1-3-5-17)18-6-8-19(9-7-18)29-12-14-30(15-13-29)24-28-27-23(35-24)20-10-11-21(34-20)31(32)33/h1-11H,12-16H2,(H2,25,26). The van der Waals surface area contributed by atoms with Crippen LogP contribution < -0.4 is 15.5 Å². The molecule has 0 bridgehead atoms. The molecular weight excluding hydrogens is 466 g/mol. The molecule has 1 aliphatic heterocycles. The molecule has 3 heterocycles. The van der Waals surface area contributed by atoms with Crippen molar-refractivity contribution in [2.24, 2.45) is 10.7 Å². The number of furan rings is 1. The van der Waals surface area contributed by atoms with Gasteiger partial charge < -0.3 is 20.0 Å². The number of nitro groups is 1. The average molecular weight is 490 g/mol. The van der Waals surface area contributed by atoms with Crippen molar-refractivity contribution in [2.75, 3.05) is 36.0 Å². The Morgan fingerprint density at radius 1 is 1.00 bits per heavy atom. The van der Waals surface area contributed by atoms with Crippen LogP contribution in [0.25, 0.3) is 10.8 Å². The molecule has 5 rings (SSSR count). The molecule has 2 aromatic carbocycles. The number of aromatic nitrogens is 2. The van der Waals surface area contributed by atoms with Gasteiger partial charge in [-0.15, -0.1) is 10.2 Å². The summed E-state index contributed by atoms with van der Waals surface area (Å²) in [7, 11) is 0. The Balaban J connectivity index is 1.17. The van der Waals surface area contributed by atoms with Gasteiger partial charge in [0.15, 0.2) is 10.8 Å². The lowest BCUT2D eigenvalue weighted by molar-refractivity contribution is -0.401. The summed E-state index contributed by atoms with van der Waals surface area (Å²) < 4.78 is 5.24. The minimum Gasteiger partial charge on any atom is -0.398 e. The molecule has 1 aliphatic rings. The van der Waals surface area contributed by atoms with Gasteiger partial charge in [-0.25, -0.2) is 0 Å². The maximum atomic E-state index is 10.8. The number of nitrogens with two attached hydrogens (primary N) is 1. The summed E-state index contributed by atoms with van der Waals surface area (Å²) in [5.74, 6) is 0.575. The predicted octanol–water partition coefficient (Wildman–Crippen LogP) is 3.94. The van der Waals surface area contributed by atoms with Gasteiger partial charge in [0.1, 0.15) is 10.8 Å². The zero-order valence-corrected chi connectivity index (χ0v) is 19.6. The minimum atomic E-state index is -0.566. The largest absolute Gasteiger partial charge is 0.433 e. The fourth-order valence-electron chi connectivity index (χ4n) is 3.83. The fourth-order valence-corrected chi connectivity index (χ4v) is 4.69. The van der Waals surface area contributed by atoms with Gasteiger partial charge in [0.25, 0.3) is 0 Å². The third-order valence-corrected chi connectivity index (χ3v) is 6.75. The normalized spacial score (nSPS) is 14.3. The van der Waals surface area contributed by atoms with Gasteiger partial charge in [-0.05, 0) is 35.9 Å². The van der Waals surface area contributed by atoms with Crippen LogP contribution in [0.4, 0.5) is 16.7 Å². The van der Waals surface area contributed by atoms with Crippen molar-refractivity contribution in [1.29, 1.82) is 0 Å². The first-order valence-corrected chi connectivity index (χ1v) is 11.9. The van der Waals surface area contributed by atoms with E-state index in [1.807, 2.05) is 42.5 Å². The molecule has 2 aromatic heterocycles. The van der Waals surface area contributed by atoms with Gasteiger partial charge in [0.05, 0.1) is 12.6 Å². The molecule has 2 N–H and O–H groups in total. The highest BCUT2D eigenvalue weighted by atomic mass is 32.1. The topological polar surface area (TPSA) is 127 Å². The number of amidine groups is 1. The Kier molecular flexibility index (Phi) is 6.40. The van der Waals surface area contributed by atoms with Crippen LogP contribution in [0, 0.1) is 10.1 Å². The monoisotopic (exact) mass is 489 g/mol. The lowest BCUT2D eigenvalue weighted by atomic mass is 10.1.